The van der Waals surface area contributed by atoms with Gasteiger partial charge in [-0.1, -0.05) is 0 Å². The largest absolute Gasteiger partial charge is 0.490 e. The third kappa shape index (κ3) is 4.11. The Kier molecular flexibility index (Phi) is 5.44. The highest BCUT2D eigenvalue weighted by atomic mass is 16.5. The minimum atomic E-state index is -0.418. The summed E-state index contributed by atoms with van der Waals surface area (Å²) in [5.74, 6) is 0.230. The van der Waals surface area contributed by atoms with Crippen LogP contribution < -0.4 is 10.5 Å². The summed E-state index contributed by atoms with van der Waals surface area (Å²) in [6.45, 7) is 2.09. The van der Waals surface area contributed by atoms with E-state index in [4.69, 9.17) is 19.9 Å². The number of methoxy groups -OCH3 is 1. The zero-order valence-electron chi connectivity index (χ0n) is 12.6. The van der Waals surface area contributed by atoms with E-state index in [0.717, 1.165) is 25.7 Å². The summed E-state index contributed by atoms with van der Waals surface area (Å²) >= 11 is 0. The fourth-order valence-corrected chi connectivity index (χ4v) is 2.61. The summed E-state index contributed by atoms with van der Waals surface area (Å²) in [5, 5.41) is 0. The zero-order valence-corrected chi connectivity index (χ0v) is 12.6. The summed E-state index contributed by atoms with van der Waals surface area (Å²) in [4.78, 5) is 11.8. The van der Waals surface area contributed by atoms with E-state index < -0.39 is 5.97 Å². The molecule has 5 nitrogen and oxygen atoms in total. The number of hydrogen-bond acceptors (Lipinski definition) is 5. The molecule has 2 atom stereocenters. The number of carbonyl (C=O) groups excluding carboxylic acids is 1. The Balaban J connectivity index is 2.06. The zero-order chi connectivity index (χ0) is 15.2. The molecule has 21 heavy (non-hydrogen) atoms. The van der Waals surface area contributed by atoms with Crippen molar-refractivity contribution in [2.24, 2.45) is 0 Å². The van der Waals surface area contributed by atoms with Crippen LogP contribution in [0.4, 0.5) is 5.69 Å². The second kappa shape index (κ2) is 7.31. The minimum Gasteiger partial charge on any atom is -0.490 e. The molecule has 0 amide bonds. The maximum absolute atomic E-state index is 11.8. The van der Waals surface area contributed by atoms with Crippen molar-refractivity contribution in [2.75, 3.05) is 19.5 Å². The molecule has 1 saturated carbocycles. The maximum Gasteiger partial charge on any atom is 0.340 e. The molecule has 0 aromatic heterocycles. The molecule has 2 N–H and O–H groups in total. The van der Waals surface area contributed by atoms with Crippen molar-refractivity contribution in [3.63, 3.8) is 0 Å². The van der Waals surface area contributed by atoms with Gasteiger partial charge in [0, 0.05) is 19.2 Å². The minimum absolute atomic E-state index is 0.113. The van der Waals surface area contributed by atoms with Gasteiger partial charge >= 0.3 is 5.97 Å². The second-order valence-electron chi connectivity index (χ2n) is 5.23. The number of rotatable bonds is 5. The SMILES string of the molecule is CCOC(=O)c1cc(OC2CCCC(OC)C2)ccc1N. The number of nitrogens with two attached hydrogens (primary N) is 1. The van der Waals surface area contributed by atoms with Crippen molar-refractivity contribution in [3.05, 3.63) is 23.8 Å². The second-order valence-corrected chi connectivity index (χ2v) is 5.23. The van der Waals surface area contributed by atoms with Crippen LogP contribution in [0.1, 0.15) is 43.0 Å². The van der Waals surface area contributed by atoms with Gasteiger partial charge in [0.2, 0.25) is 0 Å². The van der Waals surface area contributed by atoms with E-state index in [2.05, 4.69) is 0 Å². The predicted octanol–water partition coefficient (Wildman–Crippen LogP) is 2.78. The van der Waals surface area contributed by atoms with Gasteiger partial charge < -0.3 is 19.9 Å². The molecule has 0 spiro atoms. The van der Waals surface area contributed by atoms with E-state index in [1.165, 1.54) is 0 Å². The normalized spacial score (nSPS) is 21.8. The lowest BCUT2D eigenvalue weighted by Gasteiger charge is -2.28. The lowest BCUT2D eigenvalue weighted by Crippen LogP contribution is -2.29. The predicted molar refractivity (Wildman–Crippen MR) is 80.5 cm³/mol. The molecule has 1 fully saturated rings. The van der Waals surface area contributed by atoms with E-state index in [0.29, 0.717) is 23.6 Å². The number of esters is 1. The highest BCUT2D eigenvalue weighted by Gasteiger charge is 2.23. The Hall–Kier alpha value is -1.75. The van der Waals surface area contributed by atoms with Crippen molar-refractivity contribution in [3.8, 4) is 5.75 Å². The van der Waals surface area contributed by atoms with Gasteiger partial charge in [-0.2, -0.15) is 0 Å². The fraction of sp³-hybridized carbons (Fsp3) is 0.562. The first-order valence-corrected chi connectivity index (χ1v) is 7.40. The van der Waals surface area contributed by atoms with Crippen LogP contribution in [0.3, 0.4) is 0 Å². The first kappa shape index (κ1) is 15.6. The quantitative estimate of drug-likeness (QED) is 0.667. The van der Waals surface area contributed by atoms with Gasteiger partial charge in [-0.3, -0.25) is 0 Å². The van der Waals surface area contributed by atoms with E-state index in [-0.39, 0.29) is 12.2 Å². The molecule has 5 heteroatoms. The molecule has 2 rings (SSSR count). The molecule has 0 heterocycles. The van der Waals surface area contributed by atoms with Gasteiger partial charge in [0.05, 0.1) is 18.3 Å². The highest BCUT2D eigenvalue weighted by molar-refractivity contribution is 5.95. The molecule has 0 saturated heterocycles. The van der Waals surface area contributed by atoms with Gasteiger partial charge in [-0.25, -0.2) is 4.79 Å². The number of nitrogen functional groups attached to an aromatic ring is 1. The summed E-state index contributed by atoms with van der Waals surface area (Å²) in [6.07, 6.45) is 4.40. The monoisotopic (exact) mass is 293 g/mol. The van der Waals surface area contributed by atoms with Crippen LogP contribution in [0, 0.1) is 0 Å². The number of ether oxygens (including phenoxy) is 3. The average molecular weight is 293 g/mol. The summed E-state index contributed by atoms with van der Waals surface area (Å²) in [6, 6.07) is 5.12. The first-order valence-electron chi connectivity index (χ1n) is 7.40. The van der Waals surface area contributed by atoms with E-state index in [1.807, 2.05) is 0 Å². The lowest BCUT2D eigenvalue weighted by atomic mass is 9.95. The first-order chi connectivity index (χ1) is 10.1. The van der Waals surface area contributed by atoms with Crippen LogP contribution in [0.2, 0.25) is 0 Å². The van der Waals surface area contributed by atoms with Crippen molar-refractivity contribution in [2.45, 2.75) is 44.8 Å². The smallest absolute Gasteiger partial charge is 0.340 e. The van der Waals surface area contributed by atoms with Crippen LogP contribution in [-0.4, -0.2) is 31.9 Å². The summed E-state index contributed by atoms with van der Waals surface area (Å²) in [7, 11) is 1.73. The van der Waals surface area contributed by atoms with Crippen molar-refractivity contribution >= 4 is 11.7 Å². The highest BCUT2D eigenvalue weighted by Crippen LogP contribution is 2.27. The van der Waals surface area contributed by atoms with Crippen LogP contribution in [0.15, 0.2) is 18.2 Å². The number of hydrogen-bond donors (Lipinski definition) is 1. The Morgan fingerprint density at radius 2 is 2.10 bits per heavy atom. The van der Waals surface area contributed by atoms with Crippen LogP contribution in [0.5, 0.6) is 5.75 Å². The Bertz CT molecular complexity index is 489. The number of anilines is 1. The van der Waals surface area contributed by atoms with E-state index >= 15 is 0 Å². The Labute approximate surface area is 125 Å². The molecule has 2 unspecified atom stereocenters. The van der Waals surface area contributed by atoms with Gasteiger partial charge in [-0.05, 0) is 44.4 Å². The van der Waals surface area contributed by atoms with Crippen LogP contribution in [-0.2, 0) is 9.47 Å². The molecule has 116 valence electrons. The molecule has 0 aliphatic heterocycles. The van der Waals surface area contributed by atoms with E-state index in [9.17, 15) is 4.79 Å². The van der Waals surface area contributed by atoms with Crippen molar-refractivity contribution in [1.82, 2.24) is 0 Å². The molecular weight excluding hydrogens is 270 g/mol. The Morgan fingerprint density at radius 1 is 1.33 bits per heavy atom. The average Bonchev–Trinajstić information content (AvgIpc) is 2.49. The molecular formula is C16H23NO4. The van der Waals surface area contributed by atoms with Gasteiger partial charge in [0.1, 0.15) is 11.9 Å². The van der Waals surface area contributed by atoms with Crippen molar-refractivity contribution < 1.29 is 19.0 Å². The van der Waals surface area contributed by atoms with Crippen LogP contribution in [0.25, 0.3) is 0 Å². The third-order valence-corrected chi connectivity index (χ3v) is 3.73. The fourth-order valence-electron chi connectivity index (χ4n) is 2.61. The molecule has 1 aromatic rings. The topological polar surface area (TPSA) is 70.8 Å². The van der Waals surface area contributed by atoms with E-state index in [1.54, 1.807) is 32.2 Å². The maximum atomic E-state index is 11.8. The van der Waals surface area contributed by atoms with Gasteiger partial charge in [-0.15, -0.1) is 0 Å². The number of benzene rings is 1. The Morgan fingerprint density at radius 3 is 2.81 bits per heavy atom. The summed E-state index contributed by atoms with van der Waals surface area (Å²) < 4.78 is 16.4. The van der Waals surface area contributed by atoms with Gasteiger partial charge in [0.15, 0.2) is 0 Å². The standard InChI is InChI=1S/C16H23NO4/c1-3-20-16(18)14-10-13(7-8-15(14)17)21-12-6-4-5-11(9-12)19-2/h7-8,10-12H,3-6,9,17H2,1-2H3. The number of carbonyl (C=O) groups is 1. The van der Waals surface area contributed by atoms with Crippen molar-refractivity contribution in [1.29, 1.82) is 0 Å². The van der Waals surface area contributed by atoms with Crippen LogP contribution >= 0.6 is 0 Å². The molecule has 0 bridgehead atoms. The molecule has 1 aliphatic carbocycles. The lowest BCUT2D eigenvalue weighted by molar-refractivity contribution is 0.0208. The third-order valence-electron chi connectivity index (χ3n) is 3.73. The summed E-state index contributed by atoms with van der Waals surface area (Å²) in [5.41, 5.74) is 6.58. The molecule has 0 radical (unpaired) electrons. The molecule has 1 aliphatic rings. The molecule has 1 aromatic carbocycles. The van der Waals surface area contributed by atoms with Gasteiger partial charge in [0.25, 0.3) is 0 Å².